The Morgan fingerprint density at radius 1 is 0.873 bits per heavy atom. The van der Waals surface area contributed by atoms with E-state index in [0.29, 0.717) is 52.6 Å². The van der Waals surface area contributed by atoms with E-state index in [0.717, 1.165) is 22.2 Å². The number of rotatable bonds is 17. The predicted molar refractivity (Wildman–Crippen MR) is 229 cm³/mol. The number of nitrogens with zero attached hydrogens (tertiary/aromatic N) is 3. The third kappa shape index (κ3) is 9.14. The van der Waals surface area contributed by atoms with Crippen molar-refractivity contribution in [3.63, 3.8) is 0 Å². The Kier molecular flexibility index (Phi) is 12.0. The fourth-order valence-electron chi connectivity index (χ4n) is 7.52. The van der Waals surface area contributed by atoms with Crippen molar-refractivity contribution in [2.45, 2.75) is 36.6 Å². The monoisotopic (exact) mass is 874 g/mol. The number of H-pyrrole nitrogens is 2. The fourth-order valence-corrected chi connectivity index (χ4v) is 8.15. The molecule has 4 aromatic carbocycles. The lowest BCUT2D eigenvalue weighted by Crippen LogP contribution is -2.54. The smallest absolute Gasteiger partial charge is 0.277 e. The van der Waals surface area contributed by atoms with Crippen LogP contribution in [0.3, 0.4) is 0 Å². The average Bonchev–Trinajstić information content (AvgIpc) is 3.92. The number of piperidine rings is 1. The van der Waals surface area contributed by atoms with Crippen LogP contribution in [0, 0.1) is 0 Å². The molecule has 8 rings (SSSR count). The highest BCUT2D eigenvalue weighted by atomic mass is 32.2. The number of imide groups is 2. The molecular weight excluding hydrogens is 833 g/mol. The molecule has 2 aliphatic rings. The van der Waals surface area contributed by atoms with E-state index < -0.39 is 39.5 Å². The SMILES string of the molecule is CS(=O)(=O)c1ccc(-c2[nH]n(-c3nc4ccccc4[nH]3)c(=O)c2CCc2ccc(OCCOCC(=O)NCCNc3cccc4c3C(=O)N(C3CCC(=O)NC3=O)C4=O)cc2)cc1. The van der Waals surface area contributed by atoms with Gasteiger partial charge in [0.15, 0.2) is 9.84 Å². The van der Waals surface area contributed by atoms with Gasteiger partial charge in [0.05, 0.1) is 39.4 Å². The van der Waals surface area contributed by atoms with Crippen molar-refractivity contribution < 1.29 is 41.9 Å². The molecule has 1 atom stereocenters. The summed E-state index contributed by atoms with van der Waals surface area (Å²) >= 11 is 0. The van der Waals surface area contributed by atoms with Gasteiger partial charge in [-0.25, -0.2) is 13.4 Å². The second-order valence-electron chi connectivity index (χ2n) is 15.0. The third-order valence-electron chi connectivity index (χ3n) is 10.7. The van der Waals surface area contributed by atoms with Gasteiger partial charge in [0.25, 0.3) is 17.4 Å². The van der Waals surface area contributed by atoms with Crippen molar-refractivity contribution in [1.82, 2.24) is 35.3 Å². The highest BCUT2D eigenvalue weighted by Gasteiger charge is 2.45. The minimum Gasteiger partial charge on any atom is -0.491 e. The summed E-state index contributed by atoms with van der Waals surface area (Å²) in [6, 6.07) is 24.9. The van der Waals surface area contributed by atoms with Gasteiger partial charge in [0, 0.05) is 37.0 Å². The number of fused-ring (bicyclic) bond motifs is 2. The second-order valence-corrected chi connectivity index (χ2v) is 17.0. The Labute approximate surface area is 359 Å². The summed E-state index contributed by atoms with van der Waals surface area (Å²) in [4.78, 5) is 85.4. The molecule has 6 aromatic rings. The van der Waals surface area contributed by atoms with E-state index in [9.17, 15) is 37.2 Å². The first-order valence-electron chi connectivity index (χ1n) is 20.1. The van der Waals surface area contributed by atoms with E-state index in [1.54, 1.807) is 24.3 Å². The first-order chi connectivity index (χ1) is 30.4. The van der Waals surface area contributed by atoms with Crippen LogP contribution < -0.4 is 26.2 Å². The highest BCUT2D eigenvalue weighted by molar-refractivity contribution is 7.90. The van der Waals surface area contributed by atoms with Crippen LogP contribution >= 0.6 is 0 Å². The molecule has 5 N–H and O–H groups in total. The maximum Gasteiger partial charge on any atom is 0.277 e. The second kappa shape index (κ2) is 17.9. The van der Waals surface area contributed by atoms with Gasteiger partial charge in [-0.15, -0.1) is 0 Å². The number of aromatic nitrogens is 4. The number of carbonyl (C=O) groups is 5. The molecular formula is C44H42N8O10S. The normalized spacial score (nSPS) is 15.1. The molecule has 2 aliphatic heterocycles. The summed E-state index contributed by atoms with van der Waals surface area (Å²) in [6.07, 6.45) is 2.11. The number of ether oxygens (including phenoxy) is 2. The van der Waals surface area contributed by atoms with Crippen molar-refractivity contribution in [2.24, 2.45) is 0 Å². The number of sulfone groups is 1. The van der Waals surface area contributed by atoms with E-state index in [-0.39, 0.29) is 73.2 Å². The third-order valence-corrected chi connectivity index (χ3v) is 11.8. The van der Waals surface area contributed by atoms with Crippen molar-refractivity contribution in [2.75, 3.05) is 44.5 Å². The van der Waals surface area contributed by atoms with Crippen LogP contribution in [0.2, 0.25) is 0 Å². The predicted octanol–water partition coefficient (Wildman–Crippen LogP) is 2.92. The van der Waals surface area contributed by atoms with E-state index in [1.165, 1.54) is 22.9 Å². The molecule has 0 radical (unpaired) electrons. The first-order valence-corrected chi connectivity index (χ1v) is 22.0. The molecule has 0 aliphatic carbocycles. The quantitative estimate of drug-likeness (QED) is 0.0657. The number of aryl methyl sites for hydroxylation is 1. The Morgan fingerprint density at radius 3 is 2.40 bits per heavy atom. The van der Waals surface area contributed by atoms with Crippen LogP contribution in [0.1, 0.15) is 44.7 Å². The molecule has 1 saturated heterocycles. The maximum absolute atomic E-state index is 13.9. The molecule has 19 heteroatoms. The van der Waals surface area contributed by atoms with Crippen LogP contribution in [0.25, 0.3) is 28.2 Å². The molecule has 2 aromatic heterocycles. The van der Waals surface area contributed by atoms with Gasteiger partial charge in [0.1, 0.15) is 25.0 Å². The van der Waals surface area contributed by atoms with Gasteiger partial charge >= 0.3 is 0 Å². The zero-order valence-electron chi connectivity index (χ0n) is 33.9. The average molecular weight is 875 g/mol. The topological polar surface area (TPSA) is 244 Å². The van der Waals surface area contributed by atoms with Gasteiger partial charge in [-0.3, -0.25) is 44.1 Å². The molecule has 0 saturated carbocycles. The van der Waals surface area contributed by atoms with E-state index in [4.69, 9.17) is 9.47 Å². The minimum atomic E-state index is -3.41. The van der Waals surface area contributed by atoms with Crippen molar-refractivity contribution in [1.29, 1.82) is 0 Å². The van der Waals surface area contributed by atoms with Crippen LogP contribution in [0.15, 0.2) is 101 Å². The van der Waals surface area contributed by atoms with Crippen molar-refractivity contribution in [3.05, 3.63) is 124 Å². The van der Waals surface area contributed by atoms with E-state index in [2.05, 4.69) is 31.0 Å². The molecule has 18 nitrogen and oxygen atoms in total. The number of amides is 5. The summed E-state index contributed by atoms with van der Waals surface area (Å²) in [6.45, 7) is 0.534. The minimum absolute atomic E-state index is 0.0232. The van der Waals surface area contributed by atoms with Crippen LogP contribution in [-0.4, -0.2) is 108 Å². The Balaban J connectivity index is 0.792. The summed E-state index contributed by atoms with van der Waals surface area (Å²) in [7, 11) is -3.41. The van der Waals surface area contributed by atoms with Gasteiger partial charge in [0.2, 0.25) is 23.7 Å². The van der Waals surface area contributed by atoms with E-state index >= 15 is 0 Å². The largest absolute Gasteiger partial charge is 0.491 e. The molecule has 4 heterocycles. The van der Waals surface area contributed by atoms with Gasteiger partial charge in [-0.05, 0) is 78.9 Å². The van der Waals surface area contributed by atoms with Gasteiger partial charge in [-0.1, -0.05) is 42.5 Å². The molecule has 1 unspecified atom stereocenters. The van der Waals surface area contributed by atoms with Crippen LogP contribution in [-0.2, 0) is 41.8 Å². The van der Waals surface area contributed by atoms with Crippen molar-refractivity contribution in [3.8, 4) is 23.0 Å². The van der Waals surface area contributed by atoms with Crippen LogP contribution in [0.4, 0.5) is 5.69 Å². The number of aromatic amines is 2. The Bertz CT molecular complexity index is 2890. The van der Waals surface area contributed by atoms with Gasteiger partial charge < -0.3 is 25.1 Å². The lowest BCUT2D eigenvalue weighted by Gasteiger charge is -2.27. The standard InChI is InChI=1S/C44H42N8O10S/c1-63(59,60)29-16-12-27(13-17-29)39-31(42(57)52(50-39)44-47-32-6-2-3-7-33(32)48-44)18-11-26-9-14-28(15-10-26)62-24-23-61-25-37(54)46-22-21-45-34-8-4-5-30-38(34)43(58)51(41(30)56)35-19-20-36(53)49-40(35)55/h2-10,12-17,35,45,50H,11,18-25H2,1H3,(H,46,54)(H,47,48)(H,49,53,55). The Hall–Kier alpha value is -7.38. The van der Waals surface area contributed by atoms with Crippen LogP contribution in [0.5, 0.6) is 5.75 Å². The summed E-state index contributed by atoms with van der Waals surface area (Å²) < 4.78 is 36.8. The molecule has 0 bridgehead atoms. The van der Waals surface area contributed by atoms with Gasteiger partial charge in [-0.2, -0.15) is 4.68 Å². The number of anilines is 1. The lowest BCUT2D eigenvalue weighted by molar-refractivity contribution is -0.136. The fraction of sp³-hybridized carbons (Fsp3) is 0.250. The number of nitrogens with one attached hydrogen (secondary N) is 5. The summed E-state index contributed by atoms with van der Waals surface area (Å²) in [5, 5.41) is 11.2. The van der Waals surface area contributed by atoms with Crippen molar-refractivity contribution >= 4 is 56.1 Å². The molecule has 324 valence electrons. The lowest BCUT2D eigenvalue weighted by atomic mass is 10.0. The molecule has 0 spiro atoms. The zero-order valence-corrected chi connectivity index (χ0v) is 34.8. The molecule has 5 amide bonds. The summed E-state index contributed by atoms with van der Waals surface area (Å²) in [5.41, 5.74) is 4.52. The number of para-hydroxylation sites is 2. The number of imidazole rings is 1. The zero-order chi connectivity index (χ0) is 44.3. The Morgan fingerprint density at radius 2 is 1.65 bits per heavy atom. The highest BCUT2D eigenvalue weighted by Crippen LogP contribution is 2.32. The summed E-state index contributed by atoms with van der Waals surface area (Å²) in [5.74, 6) is -1.82. The molecule has 1 fully saturated rings. The maximum atomic E-state index is 13.9. The molecule has 63 heavy (non-hydrogen) atoms. The number of benzene rings is 4. The number of hydrogen-bond donors (Lipinski definition) is 5. The first kappa shape index (κ1) is 42.3. The van der Waals surface area contributed by atoms with E-state index in [1.807, 2.05) is 48.5 Å². The number of hydrogen-bond acceptors (Lipinski definition) is 12. The number of carbonyl (C=O) groups excluding carboxylic acids is 5.